The molecule has 2 rings (SSSR count). The minimum Gasteiger partial charge on any atom is -0.488 e. The molecule has 0 atom stereocenters. The van der Waals surface area contributed by atoms with E-state index in [9.17, 15) is 9.59 Å². The van der Waals surface area contributed by atoms with Crippen LogP contribution in [0.4, 0.5) is 0 Å². The van der Waals surface area contributed by atoms with E-state index >= 15 is 0 Å². The predicted octanol–water partition coefficient (Wildman–Crippen LogP) is 3.93. The Hall–Kier alpha value is -2.62. The van der Waals surface area contributed by atoms with Crippen molar-refractivity contribution < 1.29 is 19.1 Å². The lowest BCUT2D eigenvalue weighted by Crippen LogP contribution is -2.07. The molecule has 0 aliphatic carbocycles. The molecule has 0 saturated carbocycles. The molecule has 0 fully saturated rings. The van der Waals surface area contributed by atoms with Gasteiger partial charge in [0, 0.05) is 18.1 Å². The van der Waals surface area contributed by atoms with Gasteiger partial charge in [-0.15, -0.1) is 0 Å². The number of rotatable bonds is 5. The summed E-state index contributed by atoms with van der Waals surface area (Å²) < 4.78 is 11.0. The van der Waals surface area contributed by atoms with Gasteiger partial charge in [-0.1, -0.05) is 18.2 Å². The van der Waals surface area contributed by atoms with Gasteiger partial charge in [-0.25, -0.2) is 0 Å². The molecule has 4 heteroatoms. The van der Waals surface area contributed by atoms with Crippen LogP contribution in [-0.2, 0) is 11.4 Å². The van der Waals surface area contributed by atoms with Gasteiger partial charge in [0.15, 0.2) is 6.29 Å². The summed E-state index contributed by atoms with van der Waals surface area (Å²) >= 11 is 0. The first-order chi connectivity index (χ1) is 10.9. The Labute approximate surface area is 136 Å². The van der Waals surface area contributed by atoms with Crippen LogP contribution in [0.25, 0.3) is 0 Å². The highest BCUT2D eigenvalue weighted by Crippen LogP contribution is 2.26. The van der Waals surface area contributed by atoms with E-state index in [1.165, 1.54) is 6.92 Å². The van der Waals surface area contributed by atoms with E-state index in [1.807, 2.05) is 32.0 Å². The Morgan fingerprint density at radius 1 is 1.09 bits per heavy atom. The first-order valence-electron chi connectivity index (χ1n) is 7.38. The lowest BCUT2D eigenvalue weighted by molar-refractivity contribution is -0.131. The van der Waals surface area contributed by atoms with Crippen molar-refractivity contribution in [2.24, 2.45) is 0 Å². The first kappa shape index (κ1) is 16.7. The van der Waals surface area contributed by atoms with Gasteiger partial charge >= 0.3 is 5.97 Å². The van der Waals surface area contributed by atoms with Crippen LogP contribution in [0.3, 0.4) is 0 Å². The second-order valence-electron chi connectivity index (χ2n) is 5.53. The zero-order valence-electron chi connectivity index (χ0n) is 13.8. The Morgan fingerprint density at radius 3 is 2.30 bits per heavy atom. The number of hydrogen-bond acceptors (Lipinski definition) is 4. The van der Waals surface area contributed by atoms with Crippen LogP contribution >= 0.6 is 0 Å². The summed E-state index contributed by atoms with van der Waals surface area (Å²) in [5.74, 6) is 0.825. The average Bonchev–Trinajstić information content (AvgIpc) is 2.45. The highest BCUT2D eigenvalue weighted by Gasteiger charge is 2.12. The van der Waals surface area contributed by atoms with Crippen molar-refractivity contribution in [2.45, 2.75) is 34.3 Å². The minimum atomic E-state index is -0.398. The summed E-state index contributed by atoms with van der Waals surface area (Å²) in [5, 5.41) is 0. The standard InChI is InChI=1S/C19H20O4/c1-12-6-5-7-13(2)19(12)22-11-16-9-17(23-15(4)21)8-14(3)18(16)10-20/h5-10H,11H2,1-4H3. The van der Waals surface area contributed by atoms with E-state index in [4.69, 9.17) is 9.47 Å². The molecule has 2 aromatic carbocycles. The van der Waals surface area contributed by atoms with Crippen molar-refractivity contribution >= 4 is 12.3 Å². The van der Waals surface area contributed by atoms with Crippen LogP contribution in [0.5, 0.6) is 11.5 Å². The van der Waals surface area contributed by atoms with Gasteiger partial charge in [-0.05, 0) is 49.6 Å². The topological polar surface area (TPSA) is 52.6 Å². The molecule has 0 radical (unpaired) electrons. The van der Waals surface area contributed by atoms with Crippen molar-refractivity contribution in [3.63, 3.8) is 0 Å². The van der Waals surface area contributed by atoms with E-state index in [1.54, 1.807) is 19.1 Å². The lowest BCUT2D eigenvalue weighted by atomic mass is 10.0. The number of para-hydroxylation sites is 1. The molecule has 23 heavy (non-hydrogen) atoms. The number of carbonyl (C=O) groups is 2. The molecule has 4 nitrogen and oxygen atoms in total. The van der Waals surface area contributed by atoms with Crippen molar-refractivity contribution in [2.75, 3.05) is 0 Å². The molecule has 2 aromatic rings. The van der Waals surface area contributed by atoms with E-state index in [0.29, 0.717) is 16.9 Å². The average molecular weight is 312 g/mol. The van der Waals surface area contributed by atoms with Crippen LogP contribution in [0.1, 0.15) is 39.5 Å². The SMILES string of the molecule is CC(=O)Oc1cc(C)c(C=O)c(COc2c(C)cccc2C)c1. The smallest absolute Gasteiger partial charge is 0.308 e. The maximum atomic E-state index is 11.4. The minimum absolute atomic E-state index is 0.232. The summed E-state index contributed by atoms with van der Waals surface area (Å²) in [5.41, 5.74) is 4.07. The van der Waals surface area contributed by atoms with Crippen LogP contribution in [0.15, 0.2) is 30.3 Å². The van der Waals surface area contributed by atoms with E-state index in [-0.39, 0.29) is 6.61 Å². The van der Waals surface area contributed by atoms with Gasteiger partial charge in [-0.3, -0.25) is 9.59 Å². The second kappa shape index (κ2) is 7.09. The van der Waals surface area contributed by atoms with Gasteiger partial charge in [0.05, 0.1) is 0 Å². The fourth-order valence-electron chi connectivity index (χ4n) is 2.53. The second-order valence-corrected chi connectivity index (χ2v) is 5.53. The van der Waals surface area contributed by atoms with Crippen molar-refractivity contribution in [3.05, 3.63) is 58.1 Å². The fourth-order valence-corrected chi connectivity index (χ4v) is 2.53. The Kier molecular flexibility index (Phi) is 5.16. The quantitative estimate of drug-likeness (QED) is 0.477. The number of hydrogen-bond donors (Lipinski definition) is 0. The number of aryl methyl sites for hydroxylation is 3. The summed E-state index contributed by atoms with van der Waals surface area (Å²) in [6, 6.07) is 9.27. The molecule has 0 amide bonds. The van der Waals surface area contributed by atoms with Gasteiger partial charge in [0.2, 0.25) is 0 Å². The van der Waals surface area contributed by atoms with E-state index in [0.717, 1.165) is 28.7 Å². The first-order valence-corrected chi connectivity index (χ1v) is 7.38. The third-order valence-corrected chi connectivity index (χ3v) is 3.61. The van der Waals surface area contributed by atoms with Crippen molar-refractivity contribution in [1.82, 2.24) is 0 Å². The lowest BCUT2D eigenvalue weighted by Gasteiger charge is -2.15. The largest absolute Gasteiger partial charge is 0.488 e. The molecule has 0 aliphatic heterocycles. The molecular weight excluding hydrogens is 292 g/mol. The highest BCUT2D eigenvalue weighted by atomic mass is 16.5. The number of carbonyl (C=O) groups excluding carboxylic acids is 2. The summed E-state index contributed by atoms with van der Waals surface area (Å²) in [7, 11) is 0. The highest BCUT2D eigenvalue weighted by molar-refractivity contribution is 5.80. The van der Waals surface area contributed by atoms with Gasteiger partial charge in [-0.2, -0.15) is 0 Å². The summed E-state index contributed by atoms with van der Waals surface area (Å²) in [6.45, 7) is 7.33. The molecule has 0 bridgehead atoms. The normalized spacial score (nSPS) is 10.3. The van der Waals surface area contributed by atoms with Gasteiger partial charge in [0.1, 0.15) is 18.1 Å². The molecule has 0 N–H and O–H groups in total. The van der Waals surface area contributed by atoms with Crippen LogP contribution in [-0.4, -0.2) is 12.3 Å². The molecule has 0 aliphatic rings. The van der Waals surface area contributed by atoms with Crippen LogP contribution in [0, 0.1) is 20.8 Å². The molecule has 120 valence electrons. The monoisotopic (exact) mass is 312 g/mol. The Balaban J connectivity index is 2.32. The predicted molar refractivity (Wildman–Crippen MR) is 88.1 cm³/mol. The number of aldehydes is 1. The molecule has 0 heterocycles. The van der Waals surface area contributed by atoms with Crippen LogP contribution in [0.2, 0.25) is 0 Å². The molecule has 0 saturated heterocycles. The van der Waals surface area contributed by atoms with E-state index in [2.05, 4.69) is 0 Å². The zero-order valence-corrected chi connectivity index (χ0v) is 13.8. The third-order valence-electron chi connectivity index (χ3n) is 3.61. The van der Waals surface area contributed by atoms with Gasteiger partial charge < -0.3 is 9.47 Å². The van der Waals surface area contributed by atoms with Crippen LogP contribution < -0.4 is 9.47 Å². The van der Waals surface area contributed by atoms with E-state index < -0.39 is 5.97 Å². The number of esters is 1. The number of benzene rings is 2. The zero-order chi connectivity index (χ0) is 17.0. The molecule has 0 aromatic heterocycles. The number of ether oxygens (including phenoxy) is 2. The fraction of sp³-hybridized carbons (Fsp3) is 0.263. The Morgan fingerprint density at radius 2 is 1.74 bits per heavy atom. The summed E-state index contributed by atoms with van der Waals surface area (Å²) in [4.78, 5) is 22.5. The van der Waals surface area contributed by atoms with Crippen molar-refractivity contribution in [3.8, 4) is 11.5 Å². The summed E-state index contributed by atoms with van der Waals surface area (Å²) in [6.07, 6.45) is 0.802. The molecular formula is C19H20O4. The van der Waals surface area contributed by atoms with Gasteiger partial charge in [0.25, 0.3) is 0 Å². The maximum Gasteiger partial charge on any atom is 0.308 e. The molecule has 0 spiro atoms. The Bertz CT molecular complexity index is 727. The maximum absolute atomic E-state index is 11.4. The molecule has 0 unspecified atom stereocenters. The van der Waals surface area contributed by atoms with Crippen molar-refractivity contribution in [1.29, 1.82) is 0 Å². The third kappa shape index (κ3) is 3.97.